The Kier molecular flexibility index (Phi) is 8.21. The summed E-state index contributed by atoms with van der Waals surface area (Å²) in [5, 5.41) is 0. The van der Waals surface area contributed by atoms with Crippen LogP contribution < -0.4 is 5.73 Å². The molecular formula is C29H35N3O5. The highest BCUT2D eigenvalue weighted by Crippen LogP contribution is 2.22. The molecule has 1 aliphatic heterocycles. The maximum atomic E-state index is 12.9. The number of hydrogen-bond acceptors (Lipinski definition) is 5. The Hall–Kier alpha value is -3.94. The van der Waals surface area contributed by atoms with E-state index >= 15 is 0 Å². The van der Waals surface area contributed by atoms with Gasteiger partial charge in [-0.2, -0.15) is 4.99 Å². The van der Waals surface area contributed by atoms with Gasteiger partial charge in [-0.3, -0.25) is 9.59 Å². The summed E-state index contributed by atoms with van der Waals surface area (Å²) in [7, 11) is 0. The van der Waals surface area contributed by atoms with Crippen molar-refractivity contribution < 1.29 is 23.9 Å². The van der Waals surface area contributed by atoms with Crippen molar-refractivity contribution >= 4 is 36.0 Å². The maximum absolute atomic E-state index is 12.9. The van der Waals surface area contributed by atoms with Crippen LogP contribution in [0, 0.1) is 0 Å². The number of esters is 1. The number of fused-ring (bicyclic) bond motifs is 1. The van der Waals surface area contributed by atoms with E-state index in [0.29, 0.717) is 24.1 Å². The first-order chi connectivity index (χ1) is 17.2. The molecule has 3 rings (SSSR count). The number of nitrogens with zero attached hydrogens (tertiary/aromatic N) is 2. The molecule has 0 aliphatic carbocycles. The van der Waals surface area contributed by atoms with Crippen molar-refractivity contribution in [2.24, 2.45) is 10.7 Å². The number of nitrogens with two attached hydrogens (primary N) is 1. The number of aliphatic imine (C=N–C) groups is 1. The minimum absolute atomic E-state index is 0.0554. The van der Waals surface area contributed by atoms with Crippen molar-refractivity contribution in [1.82, 2.24) is 4.90 Å². The lowest BCUT2D eigenvalue weighted by molar-refractivity contribution is -0.155. The number of hydrogen-bond donors (Lipinski definition) is 1. The Morgan fingerprint density at radius 1 is 0.946 bits per heavy atom. The van der Waals surface area contributed by atoms with Crippen LogP contribution in [0.25, 0.3) is 12.2 Å². The van der Waals surface area contributed by atoms with E-state index in [1.54, 1.807) is 59.7 Å². The Morgan fingerprint density at radius 2 is 1.54 bits per heavy atom. The van der Waals surface area contributed by atoms with Crippen LogP contribution in [0.4, 0.5) is 4.79 Å². The van der Waals surface area contributed by atoms with Gasteiger partial charge in [0.05, 0.1) is 0 Å². The summed E-state index contributed by atoms with van der Waals surface area (Å²) in [6.45, 7) is 11.1. The summed E-state index contributed by atoms with van der Waals surface area (Å²) in [6.07, 6.45) is 3.85. The number of ether oxygens (including phenoxy) is 2. The summed E-state index contributed by atoms with van der Waals surface area (Å²) in [6, 6.07) is 13.0. The zero-order valence-corrected chi connectivity index (χ0v) is 22.3. The van der Waals surface area contributed by atoms with Gasteiger partial charge < -0.3 is 20.1 Å². The number of rotatable bonds is 5. The lowest BCUT2D eigenvalue weighted by atomic mass is 9.96. The van der Waals surface area contributed by atoms with E-state index in [-0.39, 0.29) is 18.3 Å². The number of amidine groups is 1. The quantitative estimate of drug-likeness (QED) is 0.269. The number of benzene rings is 2. The topological polar surface area (TPSA) is 111 Å². The molecule has 0 saturated heterocycles. The fraction of sp³-hybridized carbons (Fsp3) is 0.379. The zero-order chi connectivity index (χ0) is 27.4. The minimum Gasteiger partial charge on any atom is -0.459 e. The SMILES string of the molecule is CC(C)(C)OC(=O)CN1CCc2cc(/C=C/c3ccc(/C(N)=N/C(=O)OC(C)(C)C)cc3)ccc2C1=O. The van der Waals surface area contributed by atoms with Crippen LogP contribution in [0.2, 0.25) is 0 Å². The molecule has 0 radical (unpaired) electrons. The molecule has 2 aromatic carbocycles. The average molecular weight is 506 g/mol. The molecule has 0 spiro atoms. The standard InChI is InChI=1S/C29H35N3O5/c1-28(2,3)36-24(33)18-32-16-15-22-17-20(11-14-23(22)26(32)34)8-7-19-9-12-21(13-10-19)25(30)31-27(35)37-29(4,5)6/h7-14,17H,15-16,18H2,1-6H3,(H2,30,31,35)/b8-7+. The van der Waals surface area contributed by atoms with Crippen LogP contribution in [-0.2, 0) is 20.7 Å². The second-order valence-corrected chi connectivity index (χ2v) is 10.9. The van der Waals surface area contributed by atoms with Gasteiger partial charge in [-0.1, -0.05) is 48.6 Å². The zero-order valence-electron chi connectivity index (χ0n) is 22.3. The summed E-state index contributed by atoms with van der Waals surface area (Å²) in [5.74, 6) is -0.485. The van der Waals surface area contributed by atoms with E-state index in [1.165, 1.54) is 4.90 Å². The van der Waals surface area contributed by atoms with Gasteiger partial charge in [0, 0.05) is 17.7 Å². The second-order valence-electron chi connectivity index (χ2n) is 10.9. The van der Waals surface area contributed by atoms with Crippen LogP contribution in [0.3, 0.4) is 0 Å². The first-order valence-corrected chi connectivity index (χ1v) is 12.2. The van der Waals surface area contributed by atoms with Crippen molar-refractivity contribution in [3.63, 3.8) is 0 Å². The van der Waals surface area contributed by atoms with E-state index in [1.807, 2.05) is 36.4 Å². The number of amides is 2. The monoisotopic (exact) mass is 505 g/mol. The third-order valence-corrected chi connectivity index (χ3v) is 5.32. The van der Waals surface area contributed by atoms with E-state index in [9.17, 15) is 14.4 Å². The highest BCUT2D eigenvalue weighted by atomic mass is 16.6. The molecule has 0 atom stereocenters. The van der Waals surface area contributed by atoms with Crippen LogP contribution in [0.5, 0.6) is 0 Å². The number of carbonyl (C=O) groups is 3. The normalized spacial score (nSPS) is 14.5. The molecule has 1 aliphatic rings. The van der Waals surface area contributed by atoms with E-state index in [0.717, 1.165) is 16.7 Å². The lowest BCUT2D eigenvalue weighted by Crippen LogP contribution is -2.42. The van der Waals surface area contributed by atoms with Crippen molar-refractivity contribution in [3.05, 3.63) is 70.3 Å². The summed E-state index contributed by atoms with van der Waals surface area (Å²) >= 11 is 0. The maximum Gasteiger partial charge on any atom is 0.436 e. The van der Waals surface area contributed by atoms with Gasteiger partial charge in [0.2, 0.25) is 0 Å². The van der Waals surface area contributed by atoms with Gasteiger partial charge in [-0.25, -0.2) is 4.79 Å². The summed E-state index contributed by atoms with van der Waals surface area (Å²) in [4.78, 5) is 42.2. The fourth-order valence-corrected chi connectivity index (χ4v) is 3.75. The summed E-state index contributed by atoms with van der Waals surface area (Å²) < 4.78 is 10.5. The van der Waals surface area contributed by atoms with Gasteiger partial charge in [-0.05, 0) is 70.7 Å². The molecule has 0 saturated carbocycles. The third-order valence-electron chi connectivity index (χ3n) is 5.32. The van der Waals surface area contributed by atoms with Crippen LogP contribution in [0.1, 0.15) is 74.2 Å². The Balaban J connectivity index is 1.64. The predicted octanol–water partition coefficient (Wildman–Crippen LogP) is 4.84. The Morgan fingerprint density at radius 3 is 2.16 bits per heavy atom. The molecule has 8 heteroatoms. The molecule has 196 valence electrons. The lowest BCUT2D eigenvalue weighted by Gasteiger charge is -2.29. The molecule has 2 amide bonds. The largest absolute Gasteiger partial charge is 0.459 e. The first kappa shape index (κ1) is 27.6. The molecule has 8 nitrogen and oxygen atoms in total. The molecule has 0 aromatic heterocycles. The molecule has 1 heterocycles. The van der Waals surface area contributed by atoms with Gasteiger partial charge >= 0.3 is 12.1 Å². The second kappa shape index (κ2) is 11.0. The highest BCUT2D eigenvalue weighted by molar-refractivity contribution is 6.03. The molecular weight excluding hydrogens is 470 g/mol. The molecule has 0 fully saturated rings. The van der Waals surface area contributed by atoms with Crippen molar-refractivity contribution in [2.75, 3.05) is 13.1 Å². The van der Waals surface area contributed by atoms with Crippen molar-refractivity contribution in [1.29, 1.82) is 0 Å². The fourth-order valence-electron chi connectivity index (χ4n) is 3.75. The Labute approximate surface area is 218 Å². The van der Waals surface area contributed by atoms with Gasteiger partial charge in [0.1, 0.15) is 23.6 Å². The molecule has 0 unspecified atom stereocenters. The molecule has 37 heavy (non-hydrogen) atoms. The van der Waals surface area contributed by atoms with Crippen LogP contribution >= 0.6 is 0 Å². The third kappa shape index (κ3) is 8.31. The van der Waals surface area contributed by atoms with Gasteiger partial charge in [0.25, 0.3) is 5.91 Å². The van der Waals surface area contributed by atoms with Crippen LogP contribution in [-0.4, -0.2) is 53.0 Å². The average Bonchev–Trinajstić information content (AvgIpc) is 2.77. The van der Waals surface area contributed by atoms with Gasteiger partial charge in [-0.15, -0.1) is 0 Å². The first-order valence-electron chi connectivity index (χ1n) is 12.2. The van der Waals surface area contributed by atoms with Crippen LogP contribution in [0.15, 0.2) is 47.5 Å². The van der Waals surface area contributed by atoms with Crippen molar-refractivity contribution in [2.45, 2.75) is 59.2 Å². The Bertz CT molecular complexity index is 1230. The predicted molar refractivity (Wildman–Crippen MR) is 144 cm³/mol. The van der Waals surface area contributed by atoms with Crippen molar-refractivity contribution in [3.8, 4) is 0 Å². The minimum atomic E-state index is -0.729. The molecule has 2 N–H and O–H groups in total. The van der Waals surface area contributed by atoms with E-state index in [4.69, 9.17) is 15.2 Å². The summed E-state index contributed by atoms with van der Waals surface area (Å²) in [5.41, 5.74) is 8.79. The highest BCUT2D eigenvalue weighted by Gasteiger charge is 2.27. The van der Waals surface area contributed by atoms with E-state index < -0.39 is 23.3 Å². The smallest absolute Gasteiger partial charge is 0.436 e. The van der Waals surface area contributed by atoms with Gasteiger partial charge in [0.15, 0.2) is 0 Å². The molecule has 0 bridgehead atoms. The van der Waals surface area contributed by atoms with E-state index in [2.05, 4.69) is 4.99 Å². The number of carbonyl (C=O) groups excluding carboxylic acids is 3. The molecule has 2 aromatic rings.